The largest absolute Gasteiger partial charge is 0.271 e. The molecule has 0 radical (unpaired) electrons. The van der Waals surface area contributed by atoms with Crippen LogP contribution in [0, 0.1) is 11.3 Å². The van der Waals surface area contributed by atoms with E-state index in [0.717, 1.165) is 6.08 Å². The molecule has 0 bridgehead atoms. The summed E-state index contributed by atoms with van der Waals surface area (Å²) in [4.78, 5) is 16.7. The summed E-state index contributed by atoms with van der Waals surface area (Å²) in [6.07, 6.45) is 2.28. The van der Waals surface area contributed by atoms with Crippen molar-refractivity contribution in [1.82, 2.24) is 5.06 Å². The van der Waals surface area contributed by atoms with Gasteiger partial charge < -0.3 is 0 Å². The third-order valence-electron chi connectivity index (χ3n) is 1.31. The van der Waals surface area contributed by atoms with E-state index in [4.69, 9.17) is 10.1 Å². The van der Waals surface area contributed by atoms with E-state index in [9.17, 15) is 4.79 Å². The van der Waals surface area contributed by atoms with Crippen LogP contribution in [0.2, 0.25) is 0 Å². The third kappa shape index (κ3) is 4.63. The number of hydroxylamine groups is 2. The van der Waals surface area contributed by atoms with E-state index in [1.165, 1.54) is 11.1 Å². The van der Waals surface area contributed by atoms with Crippen LogP contribution < -0.4 is 0 Å². The summed E-state index contributed by atoms with van der Waals surface area (Å²) < 4.78 is 0. The Morgan fingerprint density at radius 2 is 2.00 bits per heavy atom. The minimum atomic E-state index is -0.310. The SMILES string of the molecule is CC(C)ON(C(=O)/C=C/C#N)C(C)C. The molecule has 0 aliphatic rings. The van der Waals surface area contributed by atoms with Crippen LogP contribution in [-0.4, -0.2) is 23.1 Å². The van der Waals surface area contributed by atoms with E-state index in [-0.39, 0.29) is 18.1 Å². The van der Waals surface area contributed by atoms with Gasteiger partial charge in [0.25, 0.3) is 5.91 Å². The van der Waals surface area contributed by atoms with Crippen molar-refractivity contribution in [3.05, 3.63) is 12.2 Å². The first-order valence-electron chi connectivity index (χ1n) is 4.55. The Kier molecular flexibility index (Phi) is 5.58. The Bertz CT molecular complexity index is 251. The fourth-order valence-corrected chi connectivity index (χ4v) is 0.837. The summed E-state index contributed by atoms with van der Waals surface area (Å²) in [5, 5.41) is 9.53. The van der Waals surface area contributed by atoms with Crippen LogP contribution in [0.1, 0.15) is 27.7 Å². The van der Waals surface area contributed by atoms with Crippen LogP contribution in [0.25, 0.3) is 0 Å². The van der Waals surface area contributed by atoms with Crippen molar-refractivity contribution in [2.75, 3.05) is 0 Å². The van der Waals surface area contributed by atoms with Crippen molar-refractivity contribution in [3.8, 4) is 6.07 Å². The Morgan fingerprint density at radius 1 is 1.43 bits per heavy atom. The van der Waals surface area contributed by atoms with Gasteiger partial charge in [0, 0.05) is 12.2 Å². The molecule has 0 N–H and O–H groups in total. The molecule has 78 valence electrons. The first-order valence-corrected chi connectivity index (χ1v) is 4.55. The van der Waals surface area contributed by atoms with Gasteiger partial charge in [-0.25, -0.2) is 5.06 Å². The van der Waals surface area contributed by atoms with E-state index in [1.54, 1.807) is 6.07 Å². The van der Waals surface area contributed by atoms with E-state index in [1.807, 2.05) is 27.7 Å². The zero-order valence-corrected chi connectivity index (χ0v) is 9.02. The maximum Gasteiger partial charge on any atom is 0.271 e. The quantitative estimate of drug-likeness (QED) is 0.390. The lowest BCUT2D eigenvalue weighted by atomic mass is 10.3. The number of carbonyl (C=O) groups excluding carboxylic acids is 1. The Morgan fingerprint density at radius 3 is 2.36 bits per heavy atom. The minimum Gasteiger partial charge on any atom is -0.268 e. The van der Waals surface area contributed by atoms with Gasteiger partial charge in [-0.1, -0.05) is 0 Å². The second kappa shape index (κ2) is 6.17. The molecule has 0 aromatic carbocycles. The molecule has 0 aliphatic carbocycles. The fraction of sp³-hybridized carbons (Fsp3) is 0.600. The Hall–Kier alpha value is -1.34. The monoisotopic (exact) mass is 196 g/mol. The molecule has 0 spiro atoms. The minimum absolute atomic E-state index is 0.0479. The van der Waals surface area contributed by atoms with Crippen LogP contribution in [0.5, 0.6) is 0 Å². The van der Waals surface area contributed by atoms with Gasteiger partial charge in [0.2, 0.25) is 0 Å². The number of rotatable bonds is 4. The van der Waals surface area contributed by atoms with Gasteiger partial charge in [-0.05, 0) is 27.7 Å². The number of hydrogen-bond acceptors (Lipinski definition) is 3. The maximum absolute atomic E-state index is 11.4. The number of carbonyl (C=O) groups is 1. The van der Waals surface area contributed by atoms with Gasteiger partial charge >= 0.3 is 0 Å². The number of amides is 1. The van der Waals surface area contributed by atoms with E-state index in [0.29, 0.717) is 0 Å². The molecule has 0 rings (SSSR count). The lowest BCUT2D eigenvalue weighted by Crippen LogP contribution is -2.37. The summed E-state index contributed by atoms with van der Waals surface area (Å²) in [6, 6.07) is 1.71. The van der Waals surface area contributed by atoms with Crippen molar-refractivity contribution in [2.24, 2.45) is 0 Å². The predicted molar refractivity (Wildman–Crippen MR) is 53.0 cm³/mol. The van der Waals surface area contributed by atoms with Gasteiger partial charge in [-0.15, -0.1) is 0 Å². The van der Waals surface area contributed by atoms with Crippen molar-refractivity contribution in [3.63, 3.8) is 0 Å². The maximum atomic E-state index is 11.4. The first kappa shape index (κ1) is 12.7. The molecule has 4 nitrogen and oxygen atoms in total. The summed E-state index contributed by atoms with van der Waals surface area (Å²) >= 11 is 0. The second-order valence-electron chi connectivity index (χ2n) is 3.37. The molecule has 0 heterocycles. The average molecular weight is 196 g/mol. The van der Waals surface area contributed by atoms with Crippen LogP contribution in [0.3, 0.4) is 0 Å². The lowest BCUT2D eigenvalue weighted by molar-refractivity contribution is -0.206. The highest BCUT2D eigenvalue weighted by atomic mass is 16.7. The molecule has 0 saturated heterocycles. The van der Waals surface area contributed by atoms with Crippen molar-refractivity contribution >= 4 is 5.91 Å². The summed E-state index contributed by atoms with van der Waals surface area (Å²) in [5.74, 6) is -0.310. The molecule has 0 aliphatic heterocycles. The smallest absolute Gasteiger partial charge is 0.268 e. The van der Waals surface area contributed by atoms with Gasteiger partial charge in [0.1, 0.15) is 0 Å². The molecule has 0 saturated carbocycles. The Labute approximate surface area is 84.7 Å². The van der Waals surface area contributed by atoms with Crippen LogP contribution in [-0.2, 0) is 9.63 Å². The molecule has 14 heavy (non-hydrogen) atoms. The highest BCUT2D eigenvalue weighted by molar-refractivity contribution is 5.87. The standard InChI is InChI=1S/C10H16N2O2/c1-8(2)12(14-9(3)4)10(13)6-5-7-11/h5-6,8-9H,1-4H3/b6-5+. The van der Waals surface area contributed by atoms with Gasteiger partial charge in [0.15, 0.2) is 0 Å². The number of hydrogen-bond donors (Lipinski definition) is 0. The highest BCUT2D eigenvalue weighted by Crippen LogP contribution is 2.04. The molecule has 0 aromatic rings. The number of nitrogens with zero attached hydrogens (tertiary/aromatic N) is 2. The zero-order chi connectivity index (χ0) is 11.1. The van der Waals surface area contributed by atoms with Crippen molar-refractivity contribution in [1.29, 1.82) is 5.26 Å². The molecule has 0 aromatic heterocycles. The highest BCUT2D eigenvalue weighted by Gasteiger charge is 2.16. The van der Waals surface area contributed by atoms with E-state index in [2.05, 4.69) is 0 Å². The molecule has 4 heteroatoms. The fourth-order valence-electron chi connectivity index (χ4n) is 0.837. The zero-order valence-electron chi connectivity index (χ0n) is 9.02. The Balaban J connectivity index is 4.43. The second-order valence-corrected chi connectivity index (χ2v) is 3.37. The summed E-state index contributed by atoms with van der Waals surface area (Å²) in [7, 11) is 0. The van der Waals surface area contributed by atoms with Crippen molar-refractivity contribution < 1.29 is 9.63 Å². The van der Waals surface area contributed by atoms with Crippen LogP contribution in [0.4, 0.5) is 0 Å². The summed E-state index contributed by atoms with van der Waals surface area (Å²) in [6.45, 7) is 7.38. The normalized spacial score (nSPS) is 10.9. The molecular weight excluding hydrogens is 180 g/mol. The summed E-state index contributed by atoms with van der Waals surface area (Å²) in [5.41, 5.74) is 0. The molecule has 0 fully saturated rings. The molecular formula is C10H16N2O2. The topological polar surface area (TPSA) is 53.3 Å². The lowest BCUT2D eigenvalue weighted by Gasteiger charge is -2.26. The molecule has 1 amide bonds. The molecule has 0 atom stereocenters. The van der Waals surface area contributed by atoms with Crippen molar-refractivity contribution in [2.45, 2.75) is 39.8 Å². The van der Waals surface area contributed by atoms with Crippen LogP contribution >= 0.6 is 0 Å². The number of nitriles is 1. The number of allylic oxidation sites excluding steroid dienone is 1. The van der Waals surface area contributed by atoms with E-state index < -0.39 is 0 Å². The van der Waals surface area contributed by atoms with Gasteiger partial charge in [0.05, 0.1) is 18.2 Å². The first-order chi connectivity index (χ1) is 6.49. The average Bonchev–Trinajstić information content (AvgIpc) is 2.09. The van der Waals surface area contributed by atoms with Crippen LogP contribution in [0.15, 0.2) is 12.2 Å². The molecule has 0 unspecified atom stereocenters. The van der Waals surface area contributed by atoms with Gasteiger partial charge in [-0.3, -0.25) is 9.63 Å². The third-order valence-corrected chi connectivity index (χ3v) is 1.31. The van der Waals surface area contributed by atoms with E-state index >= 15 is 0 Å². The predicted octanol–water partition coefficient (Wildman–Crippen LogP) is 1.64. The van der Waals surface area contributed by atoms with Gasteiger partial charge in [-0.2, -0.15) is 5.26 Å².